The molecule has 4 rings (SSSR count). The number of aryl methyl sites for hydroxylation is 2. The highest BCUT2D eigenvalue weighted by atomic mass is 35.5. The van der Waals surface area contributed by atoms with Gasteiger partial charge in [0.2, 0.25) is 0 Å². The van der Waals surface area contributed by atoms with E-state index in [-0.39, 0.29) is 25.0 Å². The molecule has 2 aliphatic rings. The quantitative estimate of drug-likeness (QED) is 0.391. The summed E-state index contributed by atoms with van der Waals surface area (Å²) in [7, 11) is 0. The van der Waals surface area contributed by atoms with Crippen molar-refractivity contribution in [1.82, 2.24) is 0 Å². The van der Waals surface area contributed by atoms with Crippen LogP contribution in [0.3, 0.4) is 0 Å². The van der Waals surface area contributed by atoms with E-state index in [4.69, 9.17) is 16.3 Å². The van der Waals surface area contributed by atoms with Crippen molar-refractivity contribution in [2.45, 2.75) is 70.9 Å². The Morgan fingerprint density at radius 1 is 0.971 bits per heavy atom. The molecule has 34 heavy (non-hydrogen) atoms. The molecule has 1 saturated carbocycles. The molecule has 5 nitrogen and oxygen atoms in total. The van der Waals surface area contributed by atoms with Crippen LogP contribution in [0.15, 0.2) is 42.5 Å². The van der Waals surface area contributed by atoms with Crippen molar-refractivity contribution in [3.8, 4) is 0 Å². The Hall–Kier alpha value is -2.37. The lowest BCUT2D eigenvalue weighted by atomic mass is 9.71. The van der Waals surface area contributed by atoms with Crippen LogP contribution in [0, 0.1) is 13.8 Å². The van der Waals surface area contributed by atoms with Gasteiger partial charge >= 0.3 is 5.97 Å². The number of nitrogens with one attached hydrogen (secondary N) is 1. The molecule has 0 radical (unpaired) electrons. The van der Waals surface area contributed by atoms with E-state index in [2.05, 4.69) is 5.32 Å². The molecule has 2 aromatic carbocycles. The minimum Gasteiger partial charge on any atom is -0.457 e. The number of benzene rings is 2. The average Bonchev–Trinajstić information content (AvgIpc) is 3.01. The molecule has 1 amide bonds. The standard InChI is InChI=1S/C28H35ClN2O3/c1-21-17-24(29)18-22(2)26(21)30-27(33)28(13-10-14-28)31(15-8-3-4-9-16-31)19-25(32)34-20-23-11-6-5-7-12-23/h5-7,11-12,17-18H,3-4,8-10,13-16,19-20H2,1-2H3/p+1. The highest BCUT2D eigenvalue weighted by molar-refractivity contribution is 6.30. The molecule has 1 saturated heterocycles. The summed E-state index contributed by atoms with van der Waals surface area (Å²) in [5.74, 6) is -0.186. The Balaban J connectivity index is 1.58. The summed E-state index contributed by atoms with van der Waals surface area (Å²) < 4.78 is 6.22. The number of nitrogens with zero attached hydrogens (tertiary/aromatic N) is 1. The predicted octanol–water partition coefficient (Wildman–Crippen LogP) is 5.95. The highest BCUT2D eigenvalue weighted by Crippen LogP contribution is 2.46. The van der Waals surface area contributed by atoms with Crippen molar-refractivity contribution in [1.29, 1.82) is 0 Å². The largest absolute Gasteiger partial charge is 0.457 e. The second-order valence-electron chi connectivity index (χ2n) is 10.1. The number of rotatable bonds is 7. The number of anilines is 1. The minimum absolute atomic E-state index is 0.0324. The molecule has 0 aromatic heterocycles. The maximum Gasteiger partial charge on any atom is 0.362 e. The fourth-order valence-corrected chi connectivity index (χ4v) is 6.16. The Labute approximate surface area is 208 Å². The first-order valence-corrected chi connectivity index (χ1v) is 12.9. The first kappa shape index (κ1) is 24.7. The third-order valence-electron chi connectivity index (χ3n) is 7.84. The number of hydrogen-bond donors (Lipinski definition) is 1. The number of likely N-dealkylation sites (tertiary alicyclic amines) is 1. The van der Waals surface area contributed by atoms with Gasteiger partial charge in [-0.2, -0.15) is 0 Å². The maximum absolute atomic E-state index is 14.0. The molecule has 1 aliphatic carbocycles. The second kappa shape index (κ2) is 10.5. The lowest BCUT2D eigenvalue weighted by Crippen LogP contribution is -2.74. The highest BCUT2D eigenvalue weighted by Gasteiger charge is 2.61. The number of carbonyl (C=O) groups excluding carboxylic acids is 2. The zero-order valence-corrected chi connectivity index (χ0v) is 21.1. The van der Waals surface area contributed by atoms with E-state index in [1.54, 1.807) is 0 Å². The first-order valence-electron chi connectivity index (χ1n) is 12.5. The Kier molecular flexibility index (Phi) is 7.63. The monoisotopic (exact) mass is 483 g/mol. The van der Waals surface area contributed by atoms with Crippen LogP contribution < -0.4 is 5.32 Å². The number of amides is 1. The molecule has 1 N–H and O–H groups in total. The van der Waals surface area contributed by atoms with E-state index in [1.165, 1.54) is 0 Å². The smallest absolute Gasteiger partial charge is 0.362 e. The average molecular weight is 484 g/mol. The van der Waals surface area contributed by atoms with Crippen molar-refractivity contribution >= 4 is 29.2 Å². The number of carbonyl (C=O) groups is 2. The van der Waals surface area contributed by atoms with Gasteiger partial charge in [0, 0.05) is 23.6 Å². The van der Waals surface area contributed by atoms with Crippen LogP contribution in [0.25, 0.3) is 0 Å². The van der Waals surface area contributed by atoms with E-state index in [0.29, 0.717) is 9.51 Å². The van der Waals surface area contributed by atoms with Crippen LogP contribution in [0.5, 0.6) is 0 Å². The summed E-state index contributed by atoms with van der Waals surface area (Å²) >= 11 is 6.21. The number of halogens is 1. The topological polar surface area (TPSA) is 55.4 Å². The molecule has 182 valence electrons. The van der Waals surface area contributed by atoms with Crippen LogP contribution in [0.2, 0.25) is 5.02 Å². The predicted molar refractivity (Wildman–Crippen MR) is 136 cm³/mol. The van der Waals surface area contributed by atoms with Gasteiger partial charge in [-0.3, -0.25) is 4.79 Å². The van der Waals surface area contributed by atoms with Crippen molar-refractivity contribution < 1.29 is 18.8 Å². The van der Waals surface area contributed by atoms with E-state index < -0.39 is 5.54 Å². The van der Waals surface area contributed by atoms with Gasteiger partial charge in [-0.1, -0.05) is 41.9 Å². The van der Waals surface area contributed by atoms with Crippen LogP contribution in [0.4, 0.5) is 5.69 Å². The zero-order valence-electron chi connectivity index (χ0n) is 20.4. The van der Waals surface area contributed by atoms with E-state index >= 15 is 0 Å². The summed E-state index contributed by atoms with van der Waals surface area (Å²) in [6, 6.07) is 13.5. The van der Waals surface area contributed by atoms with E-state index in [0.717, 1.165) is 80.4 Å². The number of hydrogen-bond acceptors (Lipinski definition) is 3. The summed E-state index contributed by atoms with van der Waals surface area (Å²) in [6.45, 7) is 6.14. The van der Waals surface area contributed by atoms with Crippen molar-refractivity contribution in [3.63, 3.8) is 0 Å². The number of esters is 1. The first-order chi connectivity index (χ1) is 16.4. The Morgan fingerprint density at radius 3 is 2.15 bits per heavy atom. The van der Waals surface area contributed by atoms with Gasteiger partial charge in [0.1, 0.15) is 6.61 Å². The molecular formula is C28H36ClN2O3+. The lowest BCUT2D eigenvalue weighted by Gasteiger charge is -2.55. The number of quaternary nitrogens is 1. The maximum atomic E-state index is 14.0. The van der Waals surface area contributed by atoms with Gasteiger partial charge in [0.25, 0.3) is 5.91 Å². The van der Waals surface area contributed by atoms with Crippen LogP contribution >= 0.6 is 11.6 Å². The normalized spacial score (nSPS) is 18.9. The van der Waals surface area contributed by atoms with Gasteiger partial charge in [-0.05, 0) is 74.8 Å². The molecule has 1 aliphatic heterocycles. The third kappa shape index (κ3) is 5.01. The minimum atomic E-state index is -0.589. The van der Waals surface area contributed by atoms with E-state index in [1.807, 2.05) is 56.3 Å². The second-order valence-corrected chi connectivity index (χ2v) is 10.5. The molecule has 0 bridgehead atoms. The van der Waals surface area contributed by atoms with Crippen molar-refractivity contribution in [2.24, 2.45) is 0 Å². The lowest BCUT2D eigenvalue weighted by molar-refractivity contribution is -0.965. The third-order valence-corrected chi connectivity index (χ3v) is 8.06. The molecule has 2 fully saturated rings. The van der Waals surface area contributed by atoms with Crippen LogP contribution in [-0.4, -0.2) is 41.5 Å². The fourth-order valence-electron chi connectivity index (χ4n) is 5.83. The van der Waals surface area contributed by atoms with Crippen molar-refractivity contribution in [2.75, 3.05) is 25.0 Å². The molecule has 0 unspecified atom stereocenters. The zero-order chi connectivity index (χ0) is 24.2. The Bertz CT molecular complexity index is 1000. The fraction of sp³-hybridized carbons (Fsp3) is 0.500. The molecule has 0 atom stereocenters. The molecule has 0 spiro atoms. The Morgan fingerprint density at radius 2 is 1.59 bits per heavy atom. The molecule has 6 heteroatoms. The SMILES string of the molecule is Cc1cc(Cl)cc(C)c1NC(=O)C1([N+]2(CC(=O)OCc3ccccc3)CCCCCC2)CCC1. The van der Waals surface area contributed by atoms with Gasteiger partial charge in [-0.25, -0.2) is 4.79 Å². The van der Waals surface area contributed by atoms with Crippen molar-refractivity contribution in [3.05, 3.63) is 64.2 Å². The number of ether oxygens (including phenoxy) is 1. The van der Waals surface area contributed by atoms with Gasteiger partial charge in [-0.15, -0.1) is 0 Å². The van der Waals surface area contributed by atoms with E-state index in [9.17, 15) is 9.59 Å². The summed E-state index contributed by atoms with van der Waals surface area (Å²) in [4.78, 5) is 27.1. The van der Waals surface area contributed by atoms with Crippen LogP contribution in [0.1, 0.15) is 61.6 Å². The van der Waals surface area contributed by atoms with Gasteiger partial charge < -0.3 is 14.5 Å². The molecule has 1 heterocycles. The molecular weight excluding hydrogens is 448 g/mol. The summed E-state index contributed by atoms with van der Waals surface area (Å²) in [5, 5.41) is 3.93. The van der Waals surface area contributed by atoms with Crippen LogP contribution in [-0.2, 0) is 20.9 Å². The van der Waals surface area contributed by atoms with Gasteiger partial charge in [0.05, 0.1) is 13.1 Å². The summed E-state index contributed by atoms with van der Waals surface area (Å²) in [5.41, 5.74) is 3.13. The van der Waals surface area contributed by atoms with Gasteiger partial charge in [0.15, 0.2) is 12.1 Å². The molecule has 2 aromatic rings. The summed E-state index contributed by atoms with van der Waals surface area (Å²) in [6.07, 6.45) is 6.95.